The Kier molecular flexibility index (Phi) is 8.23. The van der Waals surface area contributed by atoms with Gasteiger partial charge >= 0.3 is 12.0 Å². The molecule has 0 aromatic heterocycles. The summed E-state index contributed by atoms with van der Waals surface area (Å²) in [5.41, 5.74) is 7.94. The summed E-state index contributed by atoms with van der Waals surface area (Å²) >= 11 is 0. The molecule has 7 heteroatoms. The van der Waals surface area contributed by atoms with Gasteiger partial charge in [-0.1, -0.05) is 29.8 Å². The smallest absolute Gasteiger partial charge is 0.320 e. The number of aliphatic carboxylic acids is 1. The molecule has 2 amide bonds. The second-order valence-electron chi connectivity index (χ2n) is 10.5. The normalized spacial score (nSPS) is 15.4. The Morgan fingerprint density at radius 2 is 1.43 bits per heavy atom. The minimum Gasteiger partial charge on any atom is -0.481 e. The van der Waals surface area contributed by atoms with Crippen molar-refractivity contribution in [3.05, 3.63) is 57.6 Å². The van der Waals surface area contributed by atoms with Crippen LogP contribution in [-0.2, 0) is 24.3 Å². The van der Waals surface area contributed by atoms with Crippen molar-refractivity contribution in [3.8, 4) is 11.1 Å². The van der Waals surface area contributed by atoms with Gasteiger partial charge in [0.2, 0.25) is 0 Å². The van der Waals surface area contributed by atoms with Crippen LogP contribution in [0.4, 0.5) is 4.79 Å². The summed E-state index contributed by atoms with van der Waals surface area (Å²) in [7, 11) is 0. The van der Waals surface area contributed by atoms with Crippen LogP contribution in [-0.4, -0.2) is 63.8 Å². The summed E-state index contributed by atoms with van der Waals surface area (Å²) in [6, 6.07) is 8.31. The van der Waals surface area contributed by atoms with Gasteiger partial charge in [-0.25, -0.2) is 4.79 Å². The van der Waals surface area contributed by atoms with Crippen LogP contribution >= 0.6 is 0 Å². The van der Waals surface area contributed by atoms with Gasteiger partial charge in [-0.2, -0.15) is 0 Å². The van der Waals surface area contributed by atoms with Crippen LogP contribution in [0, 0.1) is 20.8 Å². The molecule has 0 aliphatic carbocycles. The number of urea groups is 1. The lowest BCUT2D eigenvalue weighted by atomic mass is 9.84. The Morgan fingerprint density at radius 1 is 0.914 bits per heavy atom. The third-order valence-electron chi connectivity index (χ3n) is 6.42. The maximum Gasteiger partial charge on any atom is 0.320 e. The first kappa shape index (κ1) is 26.7. The summed E-state index contributed by atoms with van der Waals surface area (Å²) in [6.07, 6.45) is -0.0189. The SMILES string of the molecule is CC(C)(C)O.Cc1ccc(-c2c(C)c3c(c(C)c2CC(=O)O)CN(C(=O)N2CCNCC2)C3)cc1. The fourth-order valence-electron chi connectivity index (χ4n) is 4.74. The van der Waals surface area contributed by atoms with E-state index in [0.29, 0.717) is 13.1 Å². The van der Waals surface area contributed by atoms with Gasteiger partial charge < -0.3 is 25.3 Å². The number of carbonyl (C=O) groups is 2. The number of piperazine rings is 1. The first-order valence-electron chi connectivity index (χ1n) is 12.3. The van der Waals surface area contributed by atoms with Crippen molar-refractivity contribution in [1.82, 2.24) is 15.1 Å². The number of carboxylic acid groups (broad SMARTS) is 1. The maximum absolute atomic E-state index is 13.1. The highest BCUT2D eigenvalue weighted by atomic mass is 16.4. The first-order valence-corrected chi connectivity index (χ1v) is 12.3. The van der Waals surface area contributed by atoms with Crippen LogP contribution in [0.1, 0.15) is 54.2 Å². The maximum atomic E-state index is 13.1. The molecule has 0 atom stereocenters. The van der Waals surface area contributed by atoms with E-state index in [4.69, 9.17) is 5.11 Å². The number of benzene rings is 2. The van der Waals surface area contributed by atoms with Crippen molar-refractivity contribution in [2.24, 2.45) is 0 Å². The van der Waals surface area contributed by atoms with E-state index in [1.165, 1.54) is 11.1 Å². The Bertz CT molecular complexity index is 1080. The molecule has 1 saturated heterocycles. The van der Waals surface area contributed by atoms with Crippen molar-refractivity contribution in [1.29, 1.82) is 0 Å². The summed E-state index contributed by atoms with van der Waals surface area (Å²) < 4.78 is 0. The molecule has 0 spiro atoms. The number of fused-ring (bicyclic) bond motifs is 1. The molecule has 0 radical (unpaired) electrons. The molecule has 7 nitrogen and oxygen atoms in total. The first-order chi connectivity index (χ1) is 16.4. The van der Waals surface area contributed by atoms with Crippen LogP contribution in [0.25, 0.3) is 11.1 Å². The molecule has 4 rings (SSSR count). The van der Waals surface area contributed by atoms with Crippen LogP contribution < -0.4 is 5.32 Å². The van der Waals surface area contributed by atoms with E-state index in [1.54, 1.807) is 20.8 Å². The molecular formula is C28H39N3O4. The van der Waals surface area contributed by atoms with Crippen LogP contribution in [0.15, 0.2) is 24.3 Å². The Labute approximate surface area is 208 Å². The number of nitrogens with zero attached hydrogens (tertiary/aromatic N) is 2. The lowest BCUT2D eigenvalue weighted by molar-refractivity contribution is -0.136. The number of aryl methyl sites for hydroxylation is 1. The van der Waals surface area contributed by atoms with E-state index >= 15 is 0 Å². The summed E-state index contributed by atoms with van der Waals surface area (Å²) in [6.45, 7) is 15.6. The highest BCUT2D eigenvalue weighted by Crippen LogP contribution is 2.39. The molecular weight excluding hydrogens is 442 g/mol. The number of hydrogen-bond donors (Lipinski definition) is 3. The second kappa shape index (κ2) is 10.8. The van der Waals surface area contributed by atoms with Crippen LogP contribution in [0.5, 0.6) is 0 Å². The molecule has 0 bridgehead atoms. The second-order valence-corrected chi connectivity index (χ2v) is 10.5. The minimum absolute atomic E-state index is 0.0189. The topological polar surface area (TPSA) is 93.1 Å². The molecule has 2 heterocycles. The zero-order chi connectivity index (χ0) is 25.9. The fourth-order valence-corrected chi connectivity index (χ4v) is 4.74. The van der Waals surface area contributed by atoms with Crippen LogP contribution in [0.2, 0.25) is 0 Å². The third-order valence-corrected chi connectivity index (χ3v) is 6.42. The number of nitrogens with one attached hydrogen (secondary N) is 1. The third kappa shape index (κ3) is 6.61. The molecule has 0 saturated carbocycles. The van der Waals surface area contributed by atoms with Gasteiger partial charge in [0.05, 0.1) is 12.0 Å². The van der Waals surface area contributed by atoms with Gasteiger partial charge in [0.1, 0.15) is 0 Å². The Morgan fingerprint density at radius 3 is 1.94 bits per heavy atom. The van der Waals surface area contributed by atoms with E-state index < -0.39 is 11.6 Å². The van der Waals surface area contributed by atoms with Crippen molar-refractivity contribution in [3.63, 3.8) is 0 Å². The quantitative estimate of drug-likeness (QED) is 0.616. The Balaban J connectivity index is 0.000000623. The predicted molar refractivity (Wildman–Crippen MR) is 138 cm³/mol. The van der Waals surface area contributed by atoms with Gasteiger partial charge in [0.25, 0.3) is 0 Å². The van der Waals surface area contributed by atoms with Crippen molar-refractivity contribution >= 4 is 12.0 Å². The largest absolute Gasteiger partial charge is 0.481 e. The van der Waals surface area contributed by atoms with E-state index in [-0.39, 0.29) is 12.5 Å². The number of hydrogen-bond acceptors (Lipinski definition) is 4. The molecule has 35 heavy (non-hydrogen) atoms. The van der Waals surface area contributed by atoms with Crippen LogP contribution in [0.3, 0.4) is 0 Å². The molecule has 2 aliphatic rings. The summed E-state index contributed by atoms with van der Waals surface area (Å²) in [5, 5.41) is 21.4. The zero-order valence-electron chi connectivity index (χ0n) is 21.9. The number of carboxylic acids is 1. The van der Waals surface area contributed by atoms with Crippen molar-refractivity contribution < 1.29 is 19.8 Å². The molecule has 3 N–H and O–H groups in total. The molecule has 1 fully saturated rings. The number of carbonyl (C=O) groups excluding carboxylic acids is 1. The molecule has 190 valence electrons. The van der Waals surface area contributed by atoms with Gasteiger partial charge in [-0.05, 0) is 80.5 Å². The monoisotopic (exact) mass is 481 g/mol. The molecule has 2 aromatic carbocycles. The lowest BCUT2D eigenvalue weighted by Crippen LogP contribution is -2.50. The summed E-state index contributed by atoms with van der Waals surface area (Å²) in [4.78, 5) is 28.6. The van der Waals surface area contributed by atoms with E-state index in [9.17, 15) is 14.7 Å². The lowest BCUT2D eigenvalue weighted by Gasteiger charge is -2.31. The Hall–Kier alpha value is -2.90. The number of aliphatic hydroxyl groups is 1. The van der Waals surface area contributed by atoms with Gasteiger partial charge in [-0.3, -0.25) is 4.79 Å². The van der Waals surface area contributed by atoms with Gasteiger partial charge in [0, 0.05) is 39.3 Å². The van der Waals surface area contributed by atoms with E-state index in [1.807, 2.05) is 23.6 Å². The van der Waals surface area contributed by atoms with Crippen molar-refractivity contribution in [2.45, 2.75) is 66.7 Å². The molecule has 0 unspecified atom stereocenters. The number of amides is 2. The average molecular weight is 482 g/mol. The van der Waals surface area contributed by atoms with Crippen molar-refractivity contribution in [2.75, 3.05) is 26.2 Å². The van der Waals surface area contributed by atoms with Gasteiger partial charge in [-0.15, -0.1) is 0 Å². The zero-order valence-corrected chi connectivity index (χ0v) is 21.9. The highest BCUT2D eigenvalue weighted by molar-refractivity contribution is 5.83. The summed E-state index contributed by atoms with van der Waals surface area (Å²) in [5.74, 6) is -0.836. The van der Waals surface area contributed by atoms with Gasteiger partial charge in [0.15, 0.2) is 0 Å². The minimum atomic E-state index is -0.836. The fraction of sp³-hybridized carbons (Fsp3) is 0.500. The standard InChI is InChI=1S/C24H29N3O3.C4H10O/c1-15-4-6-18(7-5-15)23-17(3)21-14-27(24(30)26-10-8-25-9-11-26)13-20(21)16(2)19(23)12-22(28)29;1-4(2,3)5/h4-7,25H,8-14H2,1-3H3,(H,28,29);5H,1-3H3. The molecule has 2 aliphatic heterocycles. The highest BCUT2D eigenvalue weighted by Gasteiger charge is 2.32. The van der Waals surface area contributed by atoms with E-state index in [0.717, 1.165) is 59.6 Å². The molecule has 2 aromatic rings. The number of rotatable bonds is 3. The average Bonchev–Trinajstić information content (AvgIpc) is 3.23. The predicted octanol–water partition coefficient (Wildman–Crippen LogP) is 4.02. The van der Waals surface area contributed by atoms with E-state index in [2.05, 4.69) is 36.5 Å².